The molecule has 3 aromatic rings. The zero-order valence-corrected chi connectivity index (χ0v) is 21.9. The normalized spacial score (nSPS) is 16.4. The number of carboxylic acid groups (broad SMARTS) is 1. The van der Waals surface area contributed by atoms with Gasteiger partial charge in [-0.25, -0.2) is 19.5 Å². The average Bonchev–Trinajstić information content (AvgIpc) is 3.52. The van der Waals surface area contributed by atoms with Gasteiger partial charge in [-0.15, -0.1) is 11.3 Å². The van der Waals surface area contributed by atoms with Gasteiger partial charge in [-0.05, 0) is 23.3 Å². The van der Waals surface area contributed by atoms with Crippen LogP contribution >= 0.6 is 11.3 Å². The number of carbonyl (C=O) groups excluding carboxylic acids is 4. The quantitative estimate of drug-likeness (QED) is 0.242. The fourth-order valence-electron chi connectivity index (χ4n) is 4.21. The van der Waals surface area contributed by atoms with Gasteiger partial charge in [0.15, 0.2) is 17.5 Å². The van der Waals surface area contributed by atoms with Gasteiger partial charge in [0, 0.05) is 17.7 Å². The van der Waals surface area contributed by atoms with Crippen molar-refractivity contribution < 1.29 is 33.8 Å². The van der Waals surface area contributed by atoms with E-state index >= 15 is 0 Å². The molecular formula is C27H26N4O7S. The van der Waals surface area contributed by atoms with E-state index in [4.69, 9.17) is 9.84 Å². The van der Waals surface area contributed by atoms with Crippen LogP contribution < -0.4 is 15.4 Å². The van der Waals surface area contributed by atoms with Gasteiger partial charge >= 0.3 is 12.0 Å². The number of benzene rings is 2. The van der Waals surface area contributed by atoms with Gasteiger partial charge < -0.3 is 20.5 Å². The number of thiazole rings is 1. The van der Waals surface area contributed by atoms with Gasteiger partial charge in [0.25, 0.3) is 5.91 Å². The SMILES string of the molecule is CCC(=O)c1csc(NC(=O)C([C@@H](C)c2ccccc2)N2C(=O)NC(c3ccc(OCC(=O)O)cc3)C2=O)n1. The Morgan fingerprint density at radius 3 is 2.46 bits per heavy atom. The number of urea groups is 1. The van der Waals surface area contributed by atoms with Crippen molar-refractivity contribution in [1.29, 1.82) is 0 Å². The van der Waals surface area contributed by atoms with E-state index in [1.54, 1.807) is 55.6 Å². The molecule has 2 unspecified atom stereocenters. The van der Waals surface area contributed by atoms with Crippen LogP contribution in [0, 0.1) is 0 Å². The molecule has 1 saturated heterocycles. The number of aliphatic carboxylic acids is 1. The lowest BCUT2D eigenvalue weighted by atomic mass is 9.91. The number of ether oxygens (including phenoxy) is 1. The molecule has 2 aromatic carbocycles. The highest BCUT2D eigenvalue weighted by atomic mass is 32.1. The van der Waals surface area contributed by atoms with Crippen LogP contribution in [0.3, 0.4) is 0 Å². The van der Waals surface area contributed by atoms with Crippen molar-refractivity contribution in [1.82, 2.24) is 15.2 Å². The number of amides is 4. The summed E-state index contributed by atoms with van der Waals surface area (Å²) >= 11 is 1.08. The van der Waals surface area contributed by atoms with E-state index in [1.807, 2.05) is 6.07 Å². The molecule has 1 aliphatic rings. The molecule has 3 atom stereocenters. The van der Waals surface area contributed by atoms with Gasteiger partial charge in [0.1, 0.15) is 23.5 Å². The molecule has 12 heteroatoms. The van der Waals surface area contributed by atoms with Crippen LogP contribution in [-0.4, -0.2) is 57.2 Å². The minimum absolute atomic E-state index is 0.169. The van der Waals surface area contributed by atoms with Crippen molar-refractivity contribution >= 4 is 46.1 Å². The van der Waals surface area contributed by atoms with E-state index in [2.05, 4.69) is 15.6 Å². The molecule has 202 valence electrons. The number of hydrogen-bond donors (Lipinski definition) is 3. The molecule has 2 heterocycles. The maximum atomic E-state index is 13.6. The Labute approximate surface area is 227 Å². The smallest absolute Gasteiger partial charge is 0.341 e. The van der Waals surface area contributed by atoms with Crippen molar-refractivity contribution in [2.45, 2.75) is 38.3 Å². The van der Waals surface area contributed by atoms with Crippen molar-refractivity contribution in [2.75, 3.05) is 11.9 Å². The zero-order chi connectivity index (χ0) is 28.1. The summed E-state index contributed by atoms with van der Waals surface area (Å²) in [6.07, 6.45) is 0.265. The molecule has 4 amide bonds. The predicted molar refractivity (Wildman–Crippen MR) is 142 cm³/mol. The van der Waals surface area contributed by atoms with E-state index in [0.29, 0.717) is 5.56 Å². The first-order chi connectivity index (χ1) is 18.7. The number of imide groups is 1. The Morgan fingerprint density at radius 1 is 1.13 bits per heavy atom. The van der Waals surface area contributed by atoms with E-state index in [9.17, 15) is 24.0 Å². The number of aromatic nitrogens is 1. The first kappa shape index (κ1) is 27.5. The molecule has 39 heavy (non-hydrogen) atoms. The first-order valence-corrected chi connectivity index (χ1v) is 13.0. The molecule has 3 N–H and O–H groups in total. The number of anilines is 1. The highest BCUT2D eigenvalue weighted by molar-refractivity contribution is 7.14. The fourth-order valence-corrected chi connectivity index (χ4v) is 4.93. The van der Waals surface area contributed by atoms with Crippen LogP contribution in [0.5, 0.6) is 5.75 Å². The lowest BCUT2D eigenvalue weighted by Crippen LogP contribution is -2.50. The zero-order valence-electron chi connectivity index (χ0n) is 21.1. The Bertz CT molecular complexity index is 1390. The third kappa shape index (κ3) is 6.12. The number of hydrogen-bond acceptors (Lipinski definition) is 8. The molecule has 4 rings (SSSR count). The maximum Gasteiger partial charge on any atom is 0.341 e. The Balaban J connectivity index is 1.61. The van der Waals surface area contributed by atoms with Gasteiger partial charge in [0.2, 0.25) is 5.91 Å². The average molecular weight is 551 g/mol. The minimum atomic E-state index is -1.22. The second-order valence-electron chi connectivity index (χ2n) is 8.79. The van der Waals surface area contributed by atoms with Crippen LogP contribution in [0.2, 0.25) is 0 Å². The largest absolute Gasteiger partial charge is 0.482 e. The monoisotopic (exact) mass is 550 g/mol. The third-order valence-corrected chi connectivity index (χ3v) is 6.99. The molecule has 0 saturated carbocycles. The fraction of sp³-hybridized carbons (Fsp3) is 0.259. The Hall–Kier alpha value is -4.58. The van der Waals surface area contributed by atoms with Gasteiger partial charge in [-0.2, -0.15) is 0 Å². The summed E-state index contributed by atoms with van der Waals surface area (Å²) in [6.45, 7) is 2.94. The summed E-state index contributed by atoms with van der Waals surface area (Å²) in [4.78, 5) is 68.1. The van der Waals surface area contributed by atoms with E-state index in [0.717, 1.165) is 21.8 Å². The third-order valence-electron chi connectivity index (χ3n) is 6.23. The molecule has 1 aromatic heterocycles. The number of carboxylic acids is 1. The number of rotatable bonds is 11. The van der Waals surface area contributed by atoms with Crippen molar-refractivity contribution in [2.24, 2.45) is 0 Å². The standard InChI is InChI=1S/C27H26N4O7S/c1-3-20(32)19-14-39-26(28-19)30-24(35)23(15(2)16-7-5-4-6-8-16)31-25(36)22(29-27(31)37)17-9-11-18(12-10-17)38-13-21(33)34/h4-12,14-15,22-23H,3,13H2,1-2H3,(H,29,37)(H,33,34)(H,28,30,35)/t15-,22?,23?/m0/s1. The number of ketones is 1. The first-order valence-electron chi connectivity index (χ1n) is 12.1. The highest BCUT2D eigenvalue weighted by Crippen LogP contribution is 2.32. The van der Waals surface area contributed by atoms with Gasteiger partial charge in [-0.3, -0.25) is 14.4 Å². The van der Waals surface area contributed by atoms with Crippen molar-refractivity contribution in [3.05, 3.63) is 76.8 Å². The van der Waals surface area contributed by atoms with Crippen LogP contribution in [0.4, 0.5) is 9.93 Å². The van der Waals surface area contributed by atoms with E-state index in [1.165, 1.54) is 12.1 Å². The van der Waals surface area contributed by atoms with Crippen LogP contribution in [-0.2, 0) is 14.4 Å². The molecule has 0 radical (unpaired) electrons. The van der Waals surface area contributed by atoms with Crippen LogP contribution in [0.1, 0.15) is 53.8 Å². The lowest BCUT2D eigenvalue weighted by Gasteiger charge is -2.29. The molecule has 11 nitrogen and oxygen atoms in total. The van der Waals surface area contributed by atoms with Gasteiger partial charge in [0.05, 0.1) is 0 Å². The second-order valence-corrected chi connectivity index (χ2v) is 9.65. The van der Waals surface area contributed by atoms with E-state index in [-0.39, 0.29) is 28.8 Å². The summed E-state index contributed by atoms with van der Waals surface area (Å²) in [5, 5.41) is 15.8. The molecular weight excluding hydrogens is 524 g/mol. The minimum Gasteiger partial charge on any atom is -0.482 e. The van der Waals surface area contributed by atoms with Crippen LogP contribution in [0.25, 0.3) is 0 Å². The summed E-state index contributed by atoms with van der Waals surface area (Å²) in [5.74, 6) is -2.84. The second kappa shape index (κ2) is 11.9. The molecule has 1 fully saturated rings. The highest BCUT2D eigenvalue weighted by Gasteiger charge is 2.47. The van der Waals surface area contributed by atoms with E-state index < -0.39 is 48.4 Å². The summed E-state index contributed by atoms with van der Waals surface area (Å²) < 4.78 is 5.12. The maximum absolute atomic E-state index is 13.6. The van der Waals surface area contributed by atoms with Crippen molar-refractivity contribution in [3.63, 3.8) is 0 Å². The Morgan fingerprint density at radius 2 is 1.82 bits per heavy atom. The Kier molecular flexibility index (Phi) is 8.35. The summed E-state index contributed by atoms with van der Waals surface area (Å²) in [7, 11) is 0. The van der Waals surface area contributed by atoms with Gasteiger partial charge in [-0.1, -0.05) is 56.3 Å². The molecule has 0 aliphatic carbocycles. The predicted octanol–water partition coefficient (Wildman–Crippen LogP) is 3.60. The molecule has 0 spiro atoms. The molecule has 0 bridgehead atoms. The summed E-state index contributed by atoms with van der Waals surface area (Å²) in [5.41, 5.74) is 1.41. The number of nitrogens with one attached hydrogen (secondary N) is 2. The summed E-state index contributed by atoms with van der Waals surface area (Å²) in [6, 6.07) is 12.1. The molecule has 1 aliphatic heterocycles. The number of nitrogens with zero attached hydrogens (tertiary/aromatic N) is 2. The topological polar surface area (TPSA) is 155 Å². The van der Waals surface area contributed by atoms with Crippen molar-refractivity contribution in [3.8, 4) is 5.75 Å². The number of Topliss-reactive ketones (excluding diaryl/α,β-unsaturated/α-hetero) is 1. The van der Waals surface area contributed by atoms with Crippen LogP contribution in [0.15, 0.2) is 60.0 Å². The lowest BCUT2D eigenvalue weighted by molar-refractivity contribution is -0.139. The number of carbonyl (C=O) groups is 5.